The Kier molecular flexibility index (Phi) is 4.56. The number of rotatable bonds is 4. The molecule has 0 bridgehead atoms. The molecule has 1 saturated heterocycles. The van der Waals surface area contributed by atoms with Gasteiger partial charge in [-0.3, -0.25) is 4.90 Å². The van der Waals surface area contributed by atoms with E-state index in [1.807, 2.05) is 12.1 Å². The summed E-state index contributed by atoms with van der Waals surface area (Å²) >= 11 is 0. The average Bonchev–Trinajstić information content (AvgIpc) is 2.39. The second-order valence-corrected chi connectivity index (χ2v) is 5.48. The molecule has 19 heavy (non-hydrogen) atoms. The Morgan fingerprint density at radius 1 is 1.37 bits per heavy atom. The highest BCUT2D eigenvalue weighted by atomic mass is 16.4. The molecule has 4 nitrogen and oxygen atoms in total. The maximum atomic E-state index is 10.9. The van der Waals surface area contributed by atoms with Gasteiger partial charge in [0.15, 0.2) is 0 Å². The molecule has 2 rings (SSSR count). The summed E-state index contributed by atoms with van der Waals surface area (Å²) in [5.41, 5.74) is 1.46. The van der Waals surface area contributed by atoms with Gasteiger partial charge in [-0.05, 0) is 57.7 Å². The van der Waals surface area contributed by atoms with Crippen molar-refractivity contribution < 1.29 is 9.90 Å². The van der Waals surface area contributed by atoms with Crippen LogP contribution in [-0.2, 0) is 6.54 Å². The predicted molar refractivity (Wildman–Crippen MR) is 75.4 cm³/mol. The highest BCUT2D eigenvalue weighted by Gasteiger charge is 2.20. The monoisotopic (exact) mass is 262 g/mol. The van der Waals surface area contributed by atoms with Crippen LogP contribution in [0.5, 0.6) is 0 Å². The van der Waals surface area contributed by atoms with Gasteiger partial charge in [-0.1, -0.05) is 12.1 Å². The van der Waals surface area contributed by atoms with Gasteiger partial charge in [-0.2, -0.15) is 0 Å². The van der Waals surface area contributed by atoms with Gasteiger partial charge in [0, 0.05) is 12.6 Å². The minimum absolute atomic E-state index is 0.376. The number of hydrogen-bond donors (Lipinski definition) is 1. The number of likely N-dealkylation sites (tertiary alicyclic amines) is 1. The van der Waals surface area contributed by atoms with Crippen molar-refractivity contribution in [2.75, 3.05) is 27.2 Å². The molecule has 1 aliphatic rings. The van der Waals surface area contributed by atoms with Crippen LogP contribution in [0, 0.1) is 0 Å². The average molecular weight is 262 g/mol. The van der Waals surface area contributed by atoms with Gasteiger partial charge in [0.2, 0.25) is 0 Å². The van der Waals surface area contributed by atoms with E-state index >= 15 is 0 Å². The van der Waals surface area contributed by atoms with Crippen molar-refractivity contribution in [3.8, 4) is 0 Å². The Balaban J connectivity index is 1.92. The molecular formula is C15H22N2O2. The van der Waals surface area contributed by atoms with Crippen LogP contribution in [0.3, 0.4) is 0 Å². The smallest absolute Gasteiger partial charge is 0.335 e. The van der Waals surface area contributed by atoms with Crippen molar-refractivity contribution in [1.82, 2.24) is 9.80 Å². The lowest BCUT2D eigenvalue weighted by Crippen LogP contribution is -2.41. The number of benzene rings is 1. The number of carboxylic acid groups (broad SMARTS) is 1. The van der Waals surface area contributed by atoms with E-state index in [1.54, 1.807) is 12.1 Å². The maximum Gasteiger partial charge on any atom is 0.335 e. The summed E-state index contributed by atoms with van der Waals surface area (Å²) in [4.78, 5) is 15.6. The van der Waals surface area contributed by atoms with Crippen molar-refractivity contribution in [2.24, 2.45) is 0 Å². The van der Waals surface area contributed by atoms with Gasteiger partial charge in [0.25, 0.3) is 0 Å². The topological polar surface area (TPSA) is 43.8 Å². The van der Waals surface area contributed by atoms with Gasteiger partial charge in [0.05, 0.1) is 5.56 Å². The molecule has 104 valence electrons. The molecule has 1 N–H and O–H groups in total. The number of piperidine rings is 1. The first kappa shape index (κ1) is 14.0. The third-order valence-corrected chi connectivity index (χ3v) is 3.87. The van der Waals surface area contributed by atoms with E-state index in [1.165, 1.54) is 12.8 Å². The Bertz CT molecular complexity index is 438. The number of carbonyl (C=O) groups is 1. The zero-order valence-electron chi connectivity index (χ0n) is 11.7. The summed E-state index contributed by atoms with van der Waals surface area (Å²) in [6.07, 6.45) is 2.37. The molecule has 1 heterocycles. The van der Waals surface area contributed by atoms with Gasteiger partial charge in [-0.15, -0.1) is 0 Å². The lowest BCUT2D eigenvalue weighted by molar-refractivity contribution is 0.0696. The molecule has 1 aromatic rings. The number of aromatic carboxylic acids is 1. The van der Waals surface area contributed by atoms with E-state index in [9.17, 15) is 4.79 Å². The zero-order valence-corrected chi connectivity index (χ0v) is 11.7. The molecule has 0 amide bonds. The van der Waals surface area contributed by atoms with E-state index in [2.05, 4.69) is 23.9 Å². The molecule has 4 heteroatoms. The molecule has 0 unspecified atom stereocenters. The molecule has 1 aromatic carbocycles. The van der Waals surface area contributed by atoms with E-state index < -0.39 is 5.97 Å². The van der Waals surface area contributed by atoms with Crippen molar-refractivity contribution in [3.63, 3.8) is 0 Å². The van der Waals surface area contributed by atoms with E-state index in [4.69, 9.17) is 5.11 Å². The Morgan fingerprint density at radius 3 is 2.63 bits per heavy atom. The van der Waals surface area contributed by atoms with E-state index in [0.717, 1.165) is 25.2 Å². The van der Waals surface area contributed by atoms with Gasteiger partial charge in [-0.25, -0.2) is 4.79 Å². The lowest BCUT2D eigenvalue weighted by Gasteiger charge is -2.35. The van der Waals surface area contributed by atoms with Crippen LogP contribution in [0.25, 0.3) is 0 Å². The first-order valence-electron chi connectivity index (χ1n) is 6.77. The second kappa shape index (κ2) is 6.17. The van der Waals surface area contributed by atoms with Crippen LogP contribution in [0.2, 0.25) is 0 Å². The van der Waals surface area contributed by atoms with Crippen molar-refractivity contribution in [1.29, 1.82) is 0 Å². The summed E-state index contributed by atoms with van der Waals surface area (Å²) in [5, 5.41) is 8.99. The third kappa shape index (κ3) is 3.78. The highest BCUT2D eigenvalue weighted by molar-refractivity contribution is 5.87. The number of nitrogens with zero attached hydrogens (tertiary/aromatic N) is 2. The molecule has 0 atom stereocenters. The molecule has 0 saturated carbocycles. The molecule has 1 aliphatic heterocycles. The predicted octanol–water partition coefficient (Wildman–Crippen LogP) is 1.91. The quantitative estimate of drug-likeness (QED) is 0.900. The largest absolute Gasteiger partial charge is 0.478 e. The molecule has 0 aliphatic carbocycles. The normalized spacial score (nSPS) is 17.8. The summed E-state index contributed by atoms with van der Waals surface area (Å²) in [6, 6.07) is 7.93. The third-order valence-electron chi connectivity index (χ3n) is 3.87. The standard InChI is InChI=1S/C15H22N2O2/c1-16(2)14-6-8-17(9-7-14)11-12-4-3-5-13(10-12)15(18)19/h3-5,10,14H,6-9,11H2,1-2H3,(H,18,19). The van der Waals surface area contributed by atoms with Crippen LogP contribution >= 0.6 is 0 Å². The van der Waals surface area contributed by atoms with Crippen molar-refractivity contribution >= 4 is 5.97 Å². The van der Waals surface area contributed by atoms with E-state index in [0.29, 0.717) is 11.6 Å². The summed E-state index contributed by atoms with van der Waals surface area (Å²) in [5.74, 6) is -0.854. The number of carboxylic acids is 1. The SMILES string of the molecule is CN(C)C1CCN(Cc2cccc(C(=O)O)c2)CC1. The molecule has 0 spiro atoms. The zero-order chi connectivity index (χ0) is 13.8. The Morgan fingerprint density at radius 2 is 2.05 bits per heavy atom. The van der Waals surface area contributed by atoms with Gasteiger partial charge < -0.3 is 10.0 Å². The molecule has 1 fully saturated rings. The highest BCUT2D eigenvalue weighted by Crippen LogP contribution is 2.17. The fourth-order valence-electron chi connectivity index (χ4n) is 2.65. The van der Waals surface area contributed by atoms with E-state index in [-0.39, 0.29) is 0 Å². The summed E-state index contributed by atoms with van der Waals surface area (Å²) < 4.78 is 0. The van der Waals surface area contributed by atoms with Crippen LogP contribution < -0.4 is 0 Å². The molecule has 0 aromatic heterocycles. The first-order valence-corrected chi connectivity index (χ1v) is 6.77. The maximum absolute atomic E-state index is 10.9. The van der Waals surface area contributed by atoms with Crippen LogP contribution in [-0.4, -0.2) is 54.1 Å². The second-order valence-electron chi connectivity index (χ2n) is 5.48. The fourth-order valence-corrected chi connectivity index (χ4v) is 2.65. The molecular weight excluding hydrogens is 240 g/mol. The Hall–Kier alpha value is -1.39. The van der Waals surface area contributed by atoms with Gasteiger partial charge >= 0.3 is 5.97 Å². The fraction of sp³-hybridized carbons (Fsp3) is 0.533. The first-order chi connectivity index (χ1) is 9.06. The van der Waals surface area contributed by atoms with Crippen LogP contribution in [0.15, 0.2) is 24.3 Å². The summed E-state index contributed by atoms with van der Waals surface area (Å²) in [6.45, 7) is 3.02. The number of hydrogen-bond acceptors (Lipinski definition) is 3. The van der Waals surface area contributed by atoms with Gasteiger partial charge in [0.1, 0.15) is 0 Å². The minimum atomic E-state index is -0.854. The van der Waals surface area contributed by atoms with Crippen LogP contribution in [0.1, 0.15) is 28.8 Å². The summed E-state index contributed by atoms with van der Waals surface area (Å²) in [7, 11) is 4.27. The van der Waals surface area contributed by atoms with Crippen molar-refractivity contribution in [3.05, 3.63) is 35.4 Å². The lowest BCUT2D eigenvalue weighted by atomic mass is 10.0. The Labute approximate surface area is 114 Å². The minimum Gasteiger partial charge on any atom is -0.478 e. The van der Waals surface area contributed by atoms with Crippen LogP contribution in [0.4, 0.5) is 0 Å². The molecule has 0 radical (unpaired) electrons. The van der Waals surface area contributed by atoms with Crippen molar-refractivity contribution in [2.45, 2.75) is 25.4 Å².